The van der Waals surface area contributed by atoms with Crippen LogP contribution in [0.2, 0.25) is 0 Å². The van der Waals surface area contributed by atoms with Gasteiger partial charge in [0.05, 0.1) is 11.8 Å². The van der Waals surface area contributed by atoms with E-state index in [1.165, 1.54) is 5.57 Å². The van der Waals surface area contributed by atoms with Crippen molar-refractivity contribution in [2.45, 2.75) is 78.7 Å². The van der Waals surface area contributed by atoms with Crippen LogP contribution in [0.1, 0.15) is 75.7 Å². The number of rotatable bonds is 1. The standard InChI is InChI=1S/C26H36N2O2/c1-15-21(16(2)28(5)27-15)12-17-13-23-20-7-6-18-14-19(29)8-10-25(18,3)22(20)9-11-26(23,4)24(17)30/h6,12,19-20,22-23,29H,7-11,13-14H2,1-5H3/b17-12+/t19-,20+,22-,23-,25+,26+/m1/s1. The average Bonchev–Trinajstić information content (AvgIpc) is 3.10. The number of aliphatic hydroxyl groups is 1. The molecule has 0 saturated heterocycles. The Morgan fingerprint density at radius 2 is 1.87 bits per heavy atom. The molecule has 0 aliphatic heterocycles. The average molecular weight is 409 g/mol. The van der Waals surface area contributed by atoms with E-state index >= 15 is 0 Å². The van der Waals surface area contributed by atoms with Gasteiger partial charge in [0.15, 0.2) is 5.78 Å². The highest BCUT2D eigenvalue weighted by molar-refractivity contribution is 6.06. The molecular weight excluding hydrogens is 372 g/mol. The van der Waals surface area contributed by atoms with Gasteiger partial charge in [0, 0.05) is 23.7 Å². The largest absolute Gasteiger partial charge is 0.393 e. The highest BCUT2D eigenvalue weighted by atomic mass is 16.3. The molecule has 162 valence electrons. The van der Waals surface area contributed by atoms with Crippen LogP contribution in [0.25, 0.3) is 6.08 Å². The van der Waals surface area contributed by atoms with Crippen LogP contribution in [0.5, 0.6) is 0 Å². The smallest absolute Gasteiger partial charge is 0.165 e. The van der Waals surface area contributed by atoms with E-state index < -0.39 is 0 Å². The predicted octanol–water partition coefficient (Wildman–Crippen LogP) is 4.92. The first kappa shape index (κ1) is 20.2. The van der Waals surface area contributed by atoms with Crippen LogP contribution in [0.4, 0.5) is 0 Å². The fraction of sp³-hybridized carbons (Fsp3) is 0.692. The molecule has 5 rings (SSSR count). The zero-order valence-corrected chi connectivity index (χ0v) is 19.2. The summed E-state index contributed by atoms with van der Waals surface area (Å²) in [5, 5.41) is 14.8. The van der Waals surface area contributed by atoms with Crippen molar-refractivity contribution in [1.82, 2.24) is 9.78 Å². The zero-order valence-electron chi connectivity index (χ0n) is 19.2. The second-order valence-electron chi connectivity index (χ2n) is 11.0. The van der Waals surface area contributed by atoms with Crippen LogP contribution in [0, 0.1) is 42.4 Å². The maximum atomic E-state index is 13.6. The molecule has 30 heavy (non-hydrogen) atoms. The number of carbonyl (C=O) groups excluding carboxylic acids is 1. The van der Waals surface area contributed by atoms with E-state index in [0.717, 1.165) is 67.5 Å². The summed E-state index contributed by atoms with van der Waals surface area (Å²) in [5.74, 6) is 2.05. The third kappa shape index (κ3) is 2.68. The number of hydrogen-bond acceptors (Lipinski definition) is 3. The van der Waals surface area contributed by atoms with Crippen LogP contribution in [-0.2, 0) is 11.8 Å². The van der Waals surface area contributed by atoms with Crippen LogP contribution in [-0.4, -0.2) is 26.8 Å². The van der Waals surface area contributed by atoms with Gasteiger partial charge < -0.3 is 5.11 Å². The van der Waals surface area contributed by atoms with Gasteiger partial charge in [0.1, 0.15) is 0 Å². The molecule has 0 unspecified atom stereocenters. The summed E-state index contributed by atoms with van der Waals surface area (Å²) in [6.07, 6.45) is 11.4. The fourth-order valence-electron chi connectivity index (χ4n) is 7.61. The Morgan fingerprint density at radius 3 is 2.57 bits per heavy atom. The van der Waals surface area contributed by atoms with E-state index in [0.29, 0.717) is 23.5 Å². The van der Waals surface area contributed by atoms with Gasteiger partial charge in [-0.05, 0) is 93.6 Å². The van der Waals surface area contributed by atoms with Gasteiger partial charge in [-0.1, -0.05) is 25.5 Å². The molecule has 1 aromatic heterocycles. The third-order valence-electron chi connectivity index (χ3n) is 9.60. The number of fused-ring (bicyclic) bond motifs is 5. The summed E-state index contributed by atoms with van der Waals surface area (Å²) in [7, 11) is 1.97. The Labute approximate surface area is 180 Å². The van der Waals surface area contributed by atoms with Crippen LogP contribution >= 0.6 is 0 Å². The highest BCUT2D eigenvalue weighted by Crippen LogP contribution is 2.64. The molecule has 0 bridgehead atoms. The van der Waals surface area contributed by atoms with E-state index in [2.05, 4.69) is 38.0 Å². The molecular formula is C26H36N2O2. The first-order chi connectivity index (χ1) is 14.1. The summed E-state index contributed by atoms with van der Waals surface area (Å²) >= 11 is 0. The van der Waals surface area contributed by atoms with E-state index in [9.17, 15) is 9.90 Å². The van der Waals surface area contributed by atoms with Crippen molar-refractivity contribution in [3.8, 4) is 0 Å². The van der Waals surface area contributed by atoms with Gasteiger partial charge in [-0.2, -0.15) is 5.10 Å². The quantitative estimate of drug-likeness (QED) is 0.530. The molecule has 6 atom stereocenters. The maximum Gasteiger partial charge on any atom is 0.165 e. The molecule has 0 spiro atoms. The summed E-state index contributed by atoms with van der Waals surface area (Å²) in [6, 6.07) is 0. The molecule has 1 N–H and O–H groups in total. The Kier molecular flexibility index (Phi) is 4.49. The van der Waals surface area contributed by atoms with Gasteiger partial charge >= 0.3 is 0 Å². The summed E-state index contributed by atoms with van der Waals surface area (Å²) in [6.45, 7) is 8.81. The molecule has 0 aromatic carbocycles. The minimum absolute atomic E-state index is 0.164. The second kappa shape index (κ2) is 6.66. The lowest BCUT2D eigenvalue weighted by Gasteiger charge is -2.56. The predicted molar refractivity (Wildman–Crippen MR) is 119 cm³/mol. The van der Waals surface area contributed by atoms with Crippen LogP contribution in [0.3, 0.4) is 0 Å². The molecule has 0 amide bonds. The van der Waals surface area contributed by atoms with Crippen molar-refractivity contribution in [2.75, 3.05) is 0 Å². The molecule has 4 aliphatic carbocycles. The zero-order chi connectivity index (χ0) is 21.4. The molecule has 1 aromatic rings. The highest BCUT2D eigenvalue weighted by Gasteiger charge is 2.59. The SMILES string of the molecule is Cc1nn(C)c(C)c1/C=C1\C[C@@H]2[C@H]3CC=C4C[C@H](O)CC[C@]4(C)[C@@H]3CC[C@]2(C)C1=O. The number of aryl methyl sites for hydroxylation is 2. The van der Waals surface area contributed by atoms with Gasteiger partial charge in [-0.25, -0.2) is 0 Å². The van der Waals surface area contributed by atoms with Crippen molar-refractivity contribution in [3.63, 3.8) is 0 Å². The Bertz CT molecular complexity index is 970. The minimum atomic E-state index is -0.215. The number of aromatic nitrogens is 2. The van der Waals surface area contributed by atoms with E-state index in [4.69, 9.17) is 0 Å². The van der Waals surface area contributed by atoms with Crippen LogP contribution < -0.4 is 0 Å². The first-order valence-electron chi connectivity index (χ1n) is 11.8. The molecule has 0 radical (unpaired) electrons. The Balaban J connectivity index is 1.50. The van der Waals surface area contributed by atoms with Crippen molar-refractivity contribution in [3.05, 3.63) is 34.2 Å². The number of aliphatic hydroxyl groups excluding tert-OH is 1. The third-order valence-corrected chi connectivity index (χ3v) is 9.60. The van der Waals surface area contributed by atoms with Gasteiger partial charge in [-0.3, -0.25) is 9.48 Å². The Morgan fingerprint density at radius 1 is 1.13 bits per heavy atom. The lowest BCUT2D eigenvalue weighted by Crippen LogP contribution is -2.50. The van der Waals surface area contributed by atoms with Crippen LogP contribution in [0.15, 0.2) is 17.2 Å². The van der Waals surface area contributed by atoms with E-state index in [-0.39, 0.29) is 16.9 Å². The molecule has 4 heteroatoms. The number of carbonyl (C=O) groups is 1. The normalized spacial score (nSPS) is 42.0. The Hall–Kier alpha value is -1.68. The van der Waals surface area contributed by atoms with Crippen molar-refractivity contribution in [1.29, 1.82) is 0 Å². The van der Waals surface area contributed by atoms with Gasteiger partial charge in [-0.15, -0.1) is 0 Å². The molecule has 3 fully saturated rings. The number of ketones is 1. The van der Waals surface area contributed by atoms with Gasteiger partial charge in [0.25, 0.3) is 0 Å². The first-order valence-corrected chi connectivity index (χ1v) is 11.8. The van der Waals surface area contributed by atoms with Crippen molar-refractivity contribution < 1.29 is 9.90 Å². The maximum absolute atomic E-state index is 13.6. The monoisotopic (exact) mass is 408 g/mol. The van der Waals surface area contributed by atoms with E-state index in [1.807, 2.05) is 18.7 Å². The lowest BCUT2D eigenvalue weighted by molar-refractivity contribution is -0.130. The van der Waals surface area contributed by atoms with Gasteiger partial charge in [0.2, 0.25) is 0 Å². The molecule has 1 heterocycles. The summed E-state index contributed by atoms with van der Waals surface area (Å²) in [4.78, 5) is 13.6. The molecule has 3 saturated carbocycles. The van der Waals surface area contributed by atoms with Crippen molar-refractivity contribution in [2.24, 2.45) is 35.6 Å². The summed E-state index contributed by atoms with van der Waals surface area (Å²) in [5.41, 5.74) is 5.77. The number of Topliss-reactive ketones (excluding diaryl/α,β-unsaturated/α-hetero) is 1. The fourth-order valence-corrected chi connectivity index (χ4v) is 7.61. The second-order valence-corrected chi connectivity index (χ2v) is 11.0. The number of allylic oxidation sites excluding steroid dienone is 2. The molecule has 4 aliphatic rings. The molecule has 4 nitrogen and oxygen atoms in total. The number of nitrogens with zero attached hydrogens (tertiary/aromatic N) is 2. The minimum Gasteiger partial charge on any atom is -0.393 e. The number of hydrogen-bond donors (Lipinski definition) is 1. The lowest BCUT2D eigenvalue weighted by atomic mass is 9.48. The van der Waals surface area contributed by atoms with Crippen molar-refractivity contribution >= 4 is 11.9 Å². The summed E-state index contributed by atoms with van der Waals surface area (Å²) < 4.78 is 1.91. The van der Waals surface area contributed by atoms with E-state index in [1.54, 1.807) is 0 Å². The topological polar surface area (TPSA) is 55.1 Å².